The molecule has 0 bridgehead atoms. The van der Waals surface area contributed by atoms with Crippen molar-refractivity contribution in [2.75, 3.05) is 6.54 Å². The molecule has 1 amide bonds. The lowest BCUT2D eigenvalue weighted by Crippen LogP contribution is -2.47. The number of nitrogens with one attached hydrogen (secondary N) is 1. The van der Waals surface area contributed by atoms with Crippen LogP contribution in [-0.2, 0) is 0 Å². The number of pyridine rings is 1. The van der Waals surface area contributed by atoms with E-state index in [-0.39, 0.29) is 5.91 Å². The van der Waals surface area contributed by atoms with E-state index in [4.69, 9.17) is 0 Å². The van der Waals surface area contributed by atoms with E-state index < -0.39 is 5.60 Å². The minimum Gasteiger partial charge on any atom is -0.388 e. The second-order valence-electron chi connectivity index (χ2n) is 6.31. The molecule has 0 spiro atoms. The van der Waals surface area contributed by atoms with Gasteiger partial charge >= 0.3 is 0 Å². The molecule has 3 aromatic rings. The van der Waals surface area contributed by atoms with Crippen molar-refractivity contribution in [1.29, 1.82) is 0 Å². The standard InChI is InChI=1S/C19H18N2O2/c22-18(21-12-19(23)8-4-9-19)16-11-13-5-1-2-6-14(13)15-7-3-10-20-17(15)16/h1-3,5-7,10-11,23H,4,8-9,12H2,(H,21,22). The zero-order valence-electron chi connectivity index (χ0n) is 12.7. The molecule has 23 heavy (non-hydrogen) atoms. The van der Waals surface area contributed by atoms with Gasteiger partial charge in [0.05, 0.1) is 16.7 Å². The van der Waals surface area contributed by atoms with Crippen molar-refractivity contribution in [2.24, 2.45) is 0 Å². The lowest BCUT2D eigenvalue weighted by atomic mass is 9.80. The predicted molar refractivity (Wildman–Crippen MR) is 90.4 cm³/mol. The molecule has 4 heteroatoms. The molecule has 0 aliphatic heterocycles. The van der Waals surface area contributed by atoms with E-state index in [0.717, 1.165) is 35.4 Å². The Balaban J connectivity index is 1.76. The van der Waals surface area contributed by atoms with Gasteiger partial charge in [-0.1, -0.05) is 30.3 Å². The van der Waals surface area contributed by atoms with E-state index >= 15 is 0 Å². The van der Waals surface area contributed by atoms with Crippen LogP contribution in [0.3, 0.4) is 0 Å². The Kier molecular flexibility index (Phi) is 3.27. The molecule has 1 heterocycles. The van der Waals surface area contributed by atoms with Gasteiger partial charge in [-0.05, 0) is 42.2 Å². The molecule has 1 saturated carbocycles. The number of hydrogen-bond acceptors (Lipinski definition) is 3. The van der Waals surface area contributed by atoms with Gasteiger partial charge in [-0.15, -0.1) is 0 Å². The summed E-state index contributed by atoms with van der Waals surface area (Å²) in [7, 11) is 0. The largest absolute Gasteiger partial charge is 0.388 e. The van der Waals surface area contributed by atoms with Crippen molar-refractivity contribution in [1.82, 2.24) is 10.3 Å². The fourth-order valence-corrected chi connectivity index (χ4v) is 3.20. The summed E-state index contributed by atoms with van der Waals surface area (Å²) >= 11 is 0. The van der Waals surface area contributed by atoms with Crippen LogP contribution >= 0.6 is 0 Å². The van der Waals surface area contributed by atoms with Crippen LogP contribution in [0.15, 0.2) is 48.7 Å². The quantitative estimate of drug-likeness (QED) is 0.731. The third kappa shape index (κ3) is 2.45. The van der Waals surface area contributed by atoms with Crippen LogP contribution in [0.25, 0.3) is 21.7 Å². The average molecular weight is 306 g/mol. The number of aliphatic hydroxyl groups is 1. The molecule has 4 rings (SSSR count). The Morgan fingerprint density at radius 3 is 2.74 bits per heavy atom. The van der Waals surface area contributed by atoms with Crippen LogP contribution in [-0.4, -0.2) is 28.1 Å². The fourth-order valence-electron chi connectivity index (χ4n) is 3.20. The first-order valence-electron chi connectivity index (χ1n) is 7.93. The molecule has 2 N–H and O–H groups in total. The molecule has 1 fully saturated rings. The Morgan fingerprint density at radius 2 is 1.96 bits per heavy atom. The van der Waals surface area contributed by atoms with E-state index in [0.29, 0.717) is 17.6 Å². The third-order valence-corrected chi connectivity index (χ3v) is 4.72. The number of nitrogens with zero attached hydrogens (tertiary/aromatic N) is 1. The highest BCUT2D eigenvalue weighted by Gasteiger charge is 2.34. The fraction of sp³-hybridized carbons (Fsp3) is 0.263. The van der Waals surface area contributed by atoms with Gasteiger partial charge in [0.1, 0.15) is 0 Å². The van der Waals surface area contributed by atoms with E-state index in [1.54, 1.807) is 6.20 Å². The first-order chi connectivity index (χ1) is 11.2. The van der Waals surface area contributed by atoms with E-state index in [1.807, 2.05) is 42.5 Å². The summed E-state index contributed by atoms with van der Waals surface area (Å²) in [6, 6.07) is 13.7. The summed E-state index contributed by atoms with van der Waals surface area (Å²) in [5.41, 5.74) is 0.530. The van der Waals surface area contributed by atoms with Gasteiger partial charge in [-0.3, -0.25) is 9.78 Å². The lowest BCUT2D eigenvalue weighted by molar-refractivity contribution is -0.0300. The van der Waals surface area contributed by atoms with Gasteiger partial charge in [-0.25, -0.2) is 0 Å². The van der Waals surface area contributed by atoms with Crippen LogP contribution in [0, 0.1) is 0 Å². The normalized spacial score (nSPS) is 16.2. The highest BCUT2D eigenvalue weighted by Crippen LogP contribution is 2.31. The Labute approximate surface area is 134 Å². The molecular weight excluding hydrogens is 288 g/mol. The number of hydrogen-bond donors (Lipinski definition) is 2. The van der Waals surface area contributed by atoms with Crippen molar-refractivity contribution in [3.63, 3.8) is 0 Å². The van der Waals surface area contributed by atoms with Crippen molar-refractivity contribution >= 4 is 27.6 Å². The van der Waals surface area contributed by atoms with Crippen LogP contribution in [0.5, 0.6) is 0 Å². The topological polar surface area (TPSA) is 62.2 Å². The minimum absolute atomic E-state index is 0.181. The Morgan fingerprint density at radius 1 is 1.17 bits per heavy atom. The number of carbonyl (C=O) groups excluding carboxylic acids is 1. The summed E-state index contributed by atoms with van der Waals surface area (Å²) < 4.78 is 0. The number of rotatable bonds is 3. The summed E-state index contributed by atoms with van der Waals surface area (Å²) in [6.45, 7) is 0.299. The van der Waals surface area contributed by atoms with Gasteiger partial charge in [0, 0.05) is 18.1 Å². The van der Waals surface area contributed by atoms with Crippen LogP contribution < -0.4 is 5.32 Å². The van der Waals surface area contributed by atoms with Gasteiger partial charge in [0.2, 0.25) is 0 Å². The zero-order chi connectivity index (χ0) is 15.9. The highest BCUT2D eigenvalue weighted by molar-refractivity contribution is 6.15. The van der Waals surface area contributed by atoms with Gasteiger partial charge < -0.3 is 10.4 Å². The number of fused-ring (bicyclic) bond motifs is 3. The van der Waals surface area contributed by atoms with E-state index in [2.05, 4.69) is 10.3 Å². The SMILES string of the molecule is O=C(NCC1(O)CCC1)c1cc2ccccc2c2cccnc12. The highest BCUT2D eigenvalue weighted by atomic mass is 16.3. The second kappa shape index (κ2) is 5.32. The predicted octanol–water partition coefficient (Wildman–Crippen LogP) is 3.03. The van der Waals surface area contributed by atoms with E-state index in [9.17, 15) is 9.90 Å². The van der Waals surface area contributed by atoms with Crippen molar-refractivity contribution in [2.45, 2.75) is 24.9 Å². The van der Waals surface area contributed by atoms with Crippen LogP contribution in [0.4, 0.5) is 0 Å². The first kappa shape index (κ1) is 14.2. The van der Waals surface area contributed by atoms with Gasteiger partial charge in [0.15, 0.2) is 0 Å². The summed E-state index contributed by atoms with van der Waals surface area (Å²) in [5, 5.41) is 16.1. The minimum atomic E-state index is -0.726. The monoisotopic (exact) mass is 306 g/mol. The molecule has 4 nitrogen and oxygen atoms in total. The first-order valence-corrected chi connectivity index (χ1v) is 7.93. The number of carbonyl (C=O) groups is 1. The van der Waals surface area contributed by atoms with Gasteiger partial charge in [0.25, 0.3) is 5.91 Å². The molecule has 0 atom stereocenters. The maximum atomic E-state index is 12.6. The number of aromatic nitrogens is 1. The van der Waals surface area contributed by atoms with Crippen molar-refractivity contribution < 1.29 is 9.90 Å². The lowest BCUT2D eigenvalue weighted by Gasteiger charge is -2.36. The van der Waals surface area contributed by atoms with Crippen LogP contribution in [0.2, 0.25) is 0 Å². The molecule has 1 aliphatic rings. The van der Waals surface area contributed by atoms with Crippen molar-refractivity contribution in [3.05, 3.63) is 54.2 Å². The zero-order valence-corrected chi connectivity index (χ0v) is 12.7. The summed E-state index contributed by atoms with van der Waals surface area (Å²) in [5.74, 6) is -0.181. The molecule has 1 aliphatic carbocycles. The molecule has 0 unspecified atom stereocenters. The molecule has 0 saturated heterocycles. The molecule has 116 valence electrons. The summed E-state index contributed by atoms with van der Waals surface area (Å²) in [4.78, 5) is 17.0. The number of benzene rings is 2. The molecular formula is C19H18N2O2. The Bertz CT molecular complexity index is 900. The van der Waals surface area contributed by atoms with Crippen molar-refractivity contribution in [3.8, 4) is 0 Å². The van der Waals surface area contributed by atoms with Crippen LogP contribution in [0.1, 0.15) is 29.6 Å². The third-order valence-electron chi connectivity index (χ3n) is 4.72. The summed E-state index contributed by atoms with van der Waals surface area (Å²) in [6.07, 6.45) is 4.23. The number of amides is 1. The molecule has 2 aromatic carbocycles. The molecule has 1 aromatic heterocycles. The maximum absolute atomic E-state index is 12.6. The second-order valence-corrected chi connectivity index (χ2v) is 6.31. The Hall–Kier alpha value is -2.46. The van der Waals surface area contributed by atoms with Gasteiger partial charge in [-0.2, -0.15) is 0 Å². The van der Waals surface area contributed by atoms with E-state index in [1.165, 1.54) is 0 Å². The average Bonchev–Trinajstić information content (AvgIpc) is 2.57. The smallest absolute Gasteiger partial charge is 0.253 e. The maximum Gasteiger partial charge on any atom is 0.253 e. The molecule has 0 radical (unpaired) electrons.